The zero-order valence-electron chi connectivity index (χ0n) is 16.6. The minimum absolute atomic E-state index is 0.0183. The van der Waals surface area contributed by atoms with E-state index in [0.717, 1.165) is 32.1 Å². The Balaban J connectivity index is 1.36. The average molecular weight is 383 g/mol. The van der Waals surface area contributed by atoms with Crippen LogP contribution in [0, 0.1) is 5.41 Å². The summed E-state index contributed by atoms with van der Waals surface area (Å²) in [6, 6.07) is 10.5. The first-order valence-electron chi connectivity index (χ1n) is 10.4. The number of rotatable bonds is 4. The first-order chi connectivity index (χ1) is 13.5. The van der Waals surface area contributed by atoms with E-state index in [9.17, 15) is 14.4 Å². The van der Waals surface area contributed by atoms with Gasteiger partial charge in [0.1, 0.15) is 0 Å². The quantitative estimate of drug-likeness (QED) is 0.795. The van der Waals surface area contributed by atoms with Crippen LogP contribution in [-0.4, -0.2) is 71.7 Å². The monoisotopic (exact) mass is 383 g/mol. The number of likely N-dealkylation sites (tertiary alicyclic amines) is 3. The third-order valence-corrected chi connectivity index (χ3v) is 6.83. The number of carbonyl (C=O) groups excluding carboxylic acids is 3. The summed E-state index contributed by atoms with van der Waals surface area (Å²) in [5, 5.41) is 0. The summed E-state index contributed by atoms with van der Waals surface area (Å²) in [5.41, 5.74) is 0.932. The van der Waals surface area contributed by atoms with Crippen molar-refractivity contribution < 1.29 is 14.4 Å². The Labute approximate surface area is 166 Å². The maximum atomic E-state index is 13.1. The molecular formula is C22H29N3O3. The molecule has 0 unspecified atom stereocenters. The van der Waals surface area contributed by atoms with E-state index in [4.69, 9.17) is 0 Å². The van der Waals surface area contributed by atoms with Gasteiger partial charge < -0.3 is 14.7 Å². The van der Waals surface area contributed by atoms with Gasteiger partial charge in [-0.2, -0.15) is 0 Å². The van der Waals surface area contributed by atoms with Crippen LogP contribution >= 0.6 is 0 Å². The standard InChI is InChI=1S/C22H29N3O3/c1-23-18(14-17-6-3-2-4-7-17)15-22(21(23)28)9-12-24(13-10-22)20(27)16-25-11-5-8-19(25)26/h2-4,6-7,18H,5,8-16H2,1H3/t18-/m1/s1. The summed E-state index contributed by atoms with van der Waals surface area (Å²) in [4.78, 5) is 42.8. The second kappa shape index (κ2) is 7.57. The Kier molecular flexibility index (Phi) is 5.13. The first-order valence-corrected chi connectivity index (χ1v) is 10.4. The Bertz CT molecular complexity index is 756. The van der Waals surface area contributed by atoms with Gasteiger partial charge in [0.25, 0.3) is 0 Å². The van der Waals surface area contributed by atoms with E-state index in [0.29, 0.717) is 26.1 Å². The topological polar surface area (TPSA) is 60.9 Å². The van der Waals surface area contributed by atoms with E-state index in [2.05, 4.69) is 12.1 Å². The van der Waals surface area contributed by atoms with Crippen LogP contribution in [0.3, 0.4) is 0 Å². The molecule has 1 atom stereocenters. The molecule has 3 fully saturated rings. The van der Waals surface area contributed by atoms with Gasteiger partial charge in [-0.15, -0.1) is 0 Å². The molecule has 3 saturated heterocycles. The lowest BCUT2D eigenvalue weighted by molar-refractivity contribution is -0.144. The van der Waals surface area contributed by atoms with Crippen molar-refractivity contribution in [1.29, 1.82) is 0 Å². The zero-order chi connectivity index (χ0) is 19.7. The van der Waals surface area contributed by atoms with Gasteiger partial charge in [0.05, 0.1) is 12.0 Å². The van der Waals surface area contributed by atoms with Crippen LogP contribution in [0.2, 0.25) is 0 Å². The van der Waals surface area contributed by atoms with Crippen molar-refractivity contribution in [2.75, 3.05) is 33.2 Å². The fourth-order valence-electron chi connectivity index (χ4n) is 5.05. The third-order valence-electron chi connectivity index (χ3n) is 6.83. The molecule has 0 radical (unpaired) electrons. The minimum atomic E-state index is -0.325. The maximum absolute atomic E-state index is 13.1. The number of piperidine rings is 1. The first kappa shape index (κ1) is 19.0. The average Bonchev–Trinajstić information content (AvgIpc) is 3.20. The summed E-state index contributed by atoms with van der Waals surface area (Å²) >= 11 is 0. The molecule has 150 valence electrons. The second-order valence-corrected chi connectivity index (χ2v) is 8.54. The van der Waals surface area contributed by atoms with E-state index in [1.807, 2.05) is 35.0 Å². The number of benzene rings is 1. The number of nitrogens with zero attached hydrogens (tertiary/aromatic N) is 3. The SMILES string of the molecule is CN1C(=O)C2(CCN(C(=O)CN3CCCC3=O)CC2)C[C@H]1Cc1ccccc1. The van der Waals surface area contributed by atoms with Gasteiger partial charge in [0.2, 0.25) is 17.7 Å². The van der Waals surface area contributed by atoms with E-state index >= 15 is 0 Å². The number of hydrogen-bond donors (Lipinski definition) is 0. The van der Waals surface area contributed by atoms with Gasteiger partial charge in [-0.05, 0) is 37.7 Å². The molecule has 6 nitrogen and oxygen atoms in total. The second-order valence-electron chi connectivity index (χ2n) is 8.54. The Hall–Kier alpha value is -2.37. The van der Waals surface area contributed by atoms with E-state index in [1.54, 1.807) is 4.90 Å². The summed E-state index contributed by atoms with van der Waals surface area (Å²) in [6.07, 6.45) is 4.59. The van der Waals surface area contributed by atoms with Gasteiger partial charge in [0.15, 0.2) is 0 Å². The molecule has 0 N–H and O–H groups in total. The predicted octanol–water partition coefficient (Wildman–Crippen LogP) is 1.69. The highest BCUT2D eigenvalue weighted by atomic mass is 16.2. The van der Waals surface area contributed by atoms with Crippen molar-refractivity contribution in [3.63, 3.8) is 0 Å². The molecule has 28 heavy (non-hydrogen) atoms. The van der Waals surface area contributed by atoms with Crippen LogP contribution in [0.15, 0.2) is 30.3 Å². The molecule has 3 aliphatic rings. The van der Waals surface area contributed by atoms with Crippen molar-refractivity contribution in [3.8, 4) is 0 Å². The van der Waals surface area contributed by atoms with E-state index in [1.165, 1.54) is 5.56 Å². The predicted molar refractivity (Wildman–Crippen MR) is 105 cm³/mol. The van der Waals surface area contributed by atoms with Crippen LogP contribution < -0.4 is 0 Å². The number of hydrogen-bond acceptors (Lipinski definition) is 3. The summed E-state index contributed by atoms with van der Waals surface area (Å²) in [5.74, 6) is 0.332. The molecule has 1 aromatic carbocycles. The van der Waals surface area contributed by atoms with Gasteiger partial charge in [0, 0.05) is 39.1 Å². The van der Waals surface area contributed by atoms with Crippen molar-refractivity contribution in [2.24, 2.45) is 5.41 Å². The summed E-state index contributed by atoms with van der Waals surface area (Å²) in [7, 11) is 1.92. The minimum Gasteiger partial charge on any atom is -0.342 e. The van der Waals surface area contributed by atoms with Gasteiger partial charge in [-0.3, -0.25) is 14.4 Å². The molecule has 4 rings (SSSR count). The molecule has 3 aliphatic heterocycles. The number of amides is 3. The third kappa shape index (κ3) is 3.52. The van der Waals surface area contributed by atoms with Crippen molar-refractivity contribution in [2.45, 2.75) is 44.6 Å². The lowest BCUT2D eigenvalue weighted by Crippen LogP contribution is -2.49. The Morgan fingerprint density at radius 1 is 1.11 bits per heavy atom. The smallest absolute Gasteiger partial charge is 0.242 e. The molecule has 3 amide bonds. The van der Waals surface area contributed by atoms with Crippen molar-refractivity contribution >= 4 is 17.7 Å². The molecule has 1 spiro atoms. The van der Waals surface area contributed by atoms with Crippen molar-refractivity contribution in [3.05, 3.63) is 35.9 Å². The van der Waals surface area contributed by atoms with Crippen LogP contribution in [0.5, 0.6) is 0 Å². The van der Waals surface area contributed by atoms with Crippen molar-refractivity contribution in [1.82, 2.24) is 14.7 Å². The molecule has 0 saturated carbocycles. The lowest BCUT2D eigenvalue weighted by atomic mass is 9.75. The Morgan fingerprint density at radius 3 is 2.46 bits per heavy atom. The molecule has 0 bridgehead atoms. The zero-order valence-corrected chi connectivity index (χ0v) is 16.6. The molecule has 3 heterocycles. The fraction of sp³-hybridized carbons (Fsp3) is 0.591. The van der Waals surface area contributed by atoms with Crippen LogP contribution in [0.1, 0.15) is 37.7 Å². The Morgan fingerprint density at radius 2 is 1.82 bits per heavy atom. The molecule has 6 heteroatoms. The lowest BCUT2D eigenvalue weighted by Gasteiger charge is -2.38. The van der Waals surface area contributed by atoms with Crippen LogP contribution in [0.25, 0.3) is 0 Å². The molecule has 1 aromatic rings. The maximum Gasteiger partial charge on any atom is 0.242 e. The number of likely N-dealkylation sites (N-methyl/N-ethyl adjacent to an activating group) is 1. The molecule has 0 aromatic heterocycles. The highest BCUT2D eigenvalue weighted by Gasteiger charge is 2.51. The summed E-state index contributed by atoms with van der Waals surface area (Å²) < 4.78 is 0. The van der Waals surface area contributed by atoms with Gasteiger partial charge >= 0.3 is 0 Å². The highest BCUT2D eigenvalue weighted by Crippen LogP contribution is 2.44. The number of carbonyl (C=O) groups is 3. The highest BCUT2D eigenvalue weighted by molar-refractivity contribution is 5.87. The molecular weight excluding hydrogens is 354 g/mol. The molecule has 0 aliphatic carbocycles. The van der Waals surface area contributed by atoms with Crippen LogP contribution in [0.4, 0.5) is 0 Å². The van der Waals surface area contributed by atoms with Crippen LogP contribution in [-0.2, 0) is 20.8 Å². The normalized spacial score (nSPS) is 24.5. The fourth-order valence-corrected chi connectivity index (χ4v) is 5.05. The largest absolute Gasteiger partial charge is 0.342 e. The van der Waals surface area contributed by atoms with E-state index in [-0.39, 0.29) is 35.7 Å². The van der Waals surface area contributed by atoms with E-state index < -0.39 is 0 Å². The van der Waals surface area contributed by atoms with Gasteiger partial charge in [-0.25, -0.2) is 0 Å². The summed E-state index contributed by atoms with van der Waals surface area (Å²) in [6.45, 7) is 2.10. The van der Waals surface area contributed by atoms with Gasteiger partial charge in [-0.1, -0.05) is 30.3 Å².